The summed E-state index contributed by atoms with van der Waals surface area (Å²) in [5, 5.41) is 9.88. The Kier molecular flexibility index (Phi) is 2.63. The van der Waals surface area contributed by atoms with Gasteiger partial charge in [-0.2, -0.15) is 0 Å². The lowest BCUT2D eigenvalue weighted by Crippen LogP contribution is -2.09. The van der Waals surface area contributed by atoms with Gasteiger partial charge in [0.05, 0.1) is 0 Å². The molecule has 0 aromatic heterocycles. The van der Waals surface area contributed by atoms with Gasteiger partial charge >= 0.3 is 5.97 Å². The van der Waals surface area contributed by atoms with E-state index in [0.717, 1.165) is 11.0 Å². The minimum Gasteiger partial charge on any atom is -0.477 e. The molecule has 1 aliphatic rings. The van der Waals surface area contributed by atoms with Crippen molar-refractivity contribution in [1.82, 2.24) is 0 Å². The molecule has 88 valence electrons. The van der Waals surface area contributed by atoms with Crippen molar-refractivity contribution in [2.45, 2.75) is 6.92 Å². The Balaban J connectivity index is 2.65. The highest BCUT2D eigenvalue weighted by atomic mass is 32.2. The van der Waals surface area contributed by atoms with Gasteiger partial charge < -0.3 is 5.11 Å². The van der Waals surface area contributed by atoms with Crippen molar-refractivity contribution in [3.63, 3.8) is 0 Å². The predicted octanol–water partition coefficient (Wildman–Crippen LogP) is 1.73. The smallest absolute Gasteiger partial charge is 0.348 e. The van der Waals surface area contributed by atoms with Crippen LogP contribution in [0.25, 0.3) is 5.57 Å². The second-order valence-corrected chi connectivity index (χ2v) is 5.53. The molecular formula is C12H10O4S. The van der Waals surface area contributed by atoms with Crippen molar-refractivity contribution in [3.8, 4) is 0 Å². The molecule has 1 aromatic carbocycles. The van der Waals surface area contributed by atoms with Crippen molar-refractivity contribution in [2.75, 3.05) is 0 Å². The number of aliphatic carboxylic acids is 1. The van der Waals surface area contributed by atoms with Gasteiger partial charge in [-0.1, -0.05) is 29.8 Å². The first kappa shape index (κ1) is 11.6. The summed E-state index contributed by atoms with van der Waals surface area (Å²) in [6.45, 7) is 1.90. The third-order valence-electron chi connectivity index (χ3n) is 2.50. The fraction of sp³-hybridized carbons (Fsp3) is 0.0833. The SMILES string of the molecule is Cc1ccc(C2=C(C(=O)O)S(=O)(=O)C=C2)cc1. The quantitative estimate of drug-likeness (QED) is 0.867. The fourth-order valence-corrected chi connectivity index (χ4v) is 2.84. The number of rotatable bonds is 2. The number of hydrogen-bond donors (Lipinski definition) is 1. The summed E-state index contributed by atoms with van der Waals surface area (Å²) < 4.78 is 23.1. The zero-order valence-corrected chi connectivity index (χ0v) is 9.86. The zero-order chi connectivity index (χ0) is 12.6. The van der Waals surface area contributed by atoms with Crippen molar-refractivity contribution in [3.05, 3.63) is 51.8 Å². The van der Waals surface area contributed by atoms with Gasteiger partial charge in [0.15, 0.2) is 4.91 Å². The molecule has 1 aliphatic heterocycles. The number of benzene rings is 1. The van der Waals surface area contributed by atoms with E-state index in [-0.39, 0.29) is 5.57 Å². The normalized spacial score (nSPS) is 17.5. The summed E-state index contributed by atoms with van der Waals surface area (Å²) in [7, 11) is -3.79. The number of carbonyl (C=O) groups is 1. The Morgan fingerprint density at radius 2 is 1.76 bits per heavy atom. The van der Waals surface area contributed by atoms with Crippen LogP contribution in [0, 0.1) is 6.92 Å². The van der Waals surface area contributed by atoms with Crippen molar-refractivity contribution in [2.24, 2.45) is 0 Å². The van der Waals surface area contributed by atoms with E-state index in [2.05, 4.69) is 0 Å². The van der Waals surface area contributed by atoms with Crippen LogP contribution in [0.3, 0.4) is 0 Å². The van der Waals surface area contributed by atoms with Crippen molar-refractivity contribution >= 4 is 21.4 Å². The molecule has 0 fully saturated rings. The second kappa shape index (κ2) is 3.85. The van der Waals surface area contributed by atoms with Gasteiger partial charge in [0.2, 0.25) is 9.84 Å². The number of allylic oxidation sites excluding steroid dienone is 2. The summed E-state index contributed by atoms with van der Waals surface area (Å²) in [5.41, 5.74) is 1.85. The maximum Gasteiger partial charge on any atom is 0.348 e. The number of hydrogen-bond acceptors (Lipinski definition) is 3. The summed E-state index contributed by atoms with van der Waals surface area (Å²) in [4.78, 5) is 10.4. The van der Waals surface area contributed by atoms with Crippen molar-refractivity contribution in [1.29, 1.82) is 0 Å². The third kappa shape index (κ3) is 2.01. The minimum atomic E-state index is -3.79. The molecule has 0 spiro atoms. The summed E-state index contributed by atoms with van der Waals surface area (Å²) in [5.74, 6) is -1.43. The highest BCUT2D eigenvalue weighted by Crippen LogP contribution is 2.31. The monoisotopic (exact) mass is 250 g/mol. The zero-order valence-electron chi connectivity index (χ0n) is 9.04. The van der Waals surface area contributed by atoms with E-state index < -0.39 is 20.7 Å². The van der Waals surface area contributed by atoms with E-state index in [1.165, 1.54) is 6.08 Å². The summed E-state index contributed by atoms with van der Waals surface area (Å²) in [6.07, 6.45) is 1.32. The van der Waals surface area contributed by atoms with E-state index in [4.69, 9.17) is 5.11 Å². The van der Waals surface area contributed by atoms with Gasteiger partial charge in [0.25, 0.3) is 0 Å². The van der Waals surface area contributed by atoms with Gasteiger partial charge in [0.1, 0.15) is 0 Å². The van der Waals surface area contributed by atoms with Gasteiger partial charge in [-0.25, -0.2) is 13.2 Å². The molecule has 0 atom stereocenters. The van der Waals surface area contributed by atoms with Crippen LogP contribution < -0.4 is 0 Å². The minimum absolute atomic E-state index is 0.234. The van der Waals surface area contributed by atoms with Gasteiger partial charge in [-0.05, 0) is 18.6 Å². The van der Waals surface area contributed by atoms with Crippen LogP contribution in [0.4, 0.5) is 0 Å². The Bertz CT molecular complexity index is 634. The van der Waals surface area contributed by atoms with Crippen LogP contribution >= 0.6 is 0 Å². The summed E-state index contributed by atoms with van der Waals surface area (Å²) in [6, 6.07) is 7.03. The Hall–Kier alpha value is -1.88. The van der Waals surface area contributed by atoms with Gasteiger partial charge in [-0.3, -0.25) is 0 Å². The highest BCUT2D eigenvalue weighted by Gasteiger charge is 2.30. The Morgan fingerprint density at radius 1 is 1.18 bits per heavy atom. The lowest BCUT2D eigenvalue weighted by molar-refractivity contribution is -0.131. The first-order chi connectivity index (χ1) is 7.92. The Labute approximate surface area is 98.8 Å². The molecule has 0 saturated heterocycles. The number of aryl methyl sites for hydroxylation is 1. The van der Waals surface area contributed by atoms with E-state index in [9.17, 15) is 13.2 Å². The fourth-order valence-electron chi connectivity index (χ4n) is 1.65. The second-order valence-electron chi connectivity index (χ2n) is 3.76. The molecule has 0 bridgehead atoms. The topological polar surface area (TPSA) is 71.4 Å². The molecule has 1 aromatic rings. The van der Waals surface area contributed by atoms with Gasteiger partial charge in [-0.15, -0.1) is 0 Å². The number of carboxylic acids is 1. The molecule has 0 aliphatic carbocycles. The number of carboxylic acid groups (broad SMARTS) is 1. The largest absolute Gasteiger partial charge is 0.477 e. The average Bonchev–Trinajstić information content (AvgIpc) is 2.55. The van der Waals surface area contributed by atoms with Crippen LogP contribution in [-0.4, -0.2) is 19.5 Å². The Morgan fingerprint density at radius 3 is 2.29 bits per heavy atom. The van der Waals surface area contributed by atoms with Crippen LogP contribution in [0.15, 0.2) is 40.7 Å². The summed E-state index contributed by atoms with van der Waals surface area (Å²) >= 11 is 0. The molecule has 0 unspecified atom stereocenters. The molecule has 2 rings (SSSR count). The van der Waals surface area contributed by atoms with E-state index in [1.54, 1.807) is 24.3 Å². The molecule has 5 heteroatoms. The molecule has 0 saturated carbocycles. The first-order valence-electron chi connectivity index (χ1n) is 4.89. The first-order valence-corrected chi connectivity index (χ1v) is 6.44. The van der Waals surface area contributed by atoms with Crippen LogP contribution in [0.5, 0.6) is 0 Å². The predicted molar refractivity (Wildman–Crippen MR) is 63.8 cm³/mol. The van der Waals surface area contributed by atoms with Crippen molar-refractivity contribution < 1.29 is 18.3 Å². The molecule has 0 amide bonds. The van der Waals surface area contributed by atoms with E-state index in [0.29, 0.717) is 5.56 Å². The molecular weight excluding hydrogens is 240 g/mol. The highest BCUT2D eigenvalue weighted by molar-refractivity contribution is 7.99. The molecule has 0 radical (unpaired) electrons. The lowest BCUT2D eigenvalue weighted by Gasteiger charge is -2.03. The maximum absolute atomic E-state index is 11.5. The molecule has 1 heterocycles. The lowest BCUT2D eigenvalue weighted by atomic mass is 10.0. The average molecular weight is 250 g/mol. The standard InChI is InChI=1S/C12H10O4S/c1-8-2-4-9(5-3-8)10-6-7-17(15,16)11(10)12(13)14/h2-7H,1H3,(H,13,14). The van der Waals surface area contributed by atoms with Crippen LogP contribution in [-0.2, 0) is 14.6 Å². The molecule has 17 heavy (non-hydrogen) atoms. The van der Waals surface area contributed by atoms with Crippen LogP contribution in [0.2, 0.25) is 0 Å². The number of sulfone groups is 1. The molecule has 1 N–H and O–H groups in total. The third-order valence-corrected chi connectivity index (χ3v) is 3.96. The van der Waals surface area contributed by atoms with E-state index in [1.807, 2.05) is 6.92 Å². The van der Waals surface area contributed by atoms with Crippen LogP contribution in [0.1, 0.15) is 11.1 Å². The van der Waals surface area contributed by atoms with Gasteiger partial charge in [0, 0.05) is 11.0 Å². The van der Waals surface area contributed by atoms with E-state index >= 15 is 0 Å². The maximum atomic E-state index is 11.5. The molecule has 4 nitrogen and oxygen atoms in total.